The second-order valence-electron chi connectivity index (χ2n) is 8.89. The number of aliphatic hydroxyl groups excluding tert-OH is 1. The normalized spacial score (nSPS) is 15.2. The molecular formula is C26H26ClN5O9. The first kappa shape index (κ1) is 30.7. The maximum Gasteiger partial charge on any atom is 0.305 e. The van der Waals surface area contributed by atoms with Gasteiger partial charge < -0.3 is 35.9 Å². The summed E-state index contributed by atoms with van der Waals surface area (Å²) in [6.45, 7) is -0.735. The number of hydrogen-bond acceptors (Lipinski definition) is 8. The van der Waals surface area contributed by atoms with Crippen molar-refractivity contribution in [2.75, 3.05) is 34.8 Å². The van der Waals surface area contributed by atoms with Crippen molar-refractivity contribution in [2.45, 2.75) is 25.4 Å². The van der Waals surface area contributed by atoms with E-state index in [4.69, 9.17) is 16.7 Å². The second-order valence-corrected chi connectivity index (χ2v) is 9.29. The molecule has 3 rings (SSSR count). The molecule has 1 aliphatic rings. The number of nitrogens with zero attached hydrogens (tertiary/aromatic N) is 2. The number of benzene rings is 2. The van der Waals surface area contributed by atoms with Gasteiger partial charge in [-0.2, -0.15) is 0 Å². The molecule has 5 N–H and O–H groups in total. The predicted octanol–water partition coefficient (Wildman–Crippen LogP) is -0.0727. The summed E-state index contributed by atoms with van der Waals surface area (Å²) in [5.74, 6) is -4.96. The molecule has 0 unspecified atom stereocenters. The number of anilines is 3. The summed E-state index contributed by atoms with van der Waals surface area (Å²) < 4.78 is 0. The number of aliphatic hydroxyl groups is 1. The molecule has 1 aliphatic heterocycles. The molecule has 0 bridgehead atoms. The van der Waals surface area contributed by atoms with Gasteiger partial charge in [0.1, 0.15) is 25.5 Å². The van der Waals surface area contributed by atoms with E-state index in [1.165, 1.54) is 43.3 Å². The largest absolute Gasteiger partial charge is 0.481 e. The number of halogens is 1. The van der Waals surface area contributed by atoms with Crippen LogP contribution in [-0.2, 0) is 28.8 Å². The highest BCUT2D eigenvalue weighted by molar-refractivity contribution is 6.34. The first-order valence-electron chi connectivity index (χ1n) is 12.1. The molecule has 0 spiro atoms. The van der Waals surface area contributed by atoms with E-state index in [1.54, 1.807) is 6.07 Å². The number of nitrogens with one attached hydrogen (secondary N) is 3. The molecule has 0 aliphatic carbocycles. The van der Waals surface area contributed by atoms with Gasteiger partial charge >= 0.3 is 5.97 Å². The third kappa shape index (κ3) is 7.64. The van der Waals surface area contributed by atoms with E-state index in [1.807, 2.05) is 0 Å². The summed E-state index contributed by atoms with van der Waals surface area (Å²) in [4.78, 5) is 88.0. The number of hydrogen-bond donors (Lipinski definition) is 5. The van der Waals surface area contributed by atoms with Crippen molar-refractivity contribution in [1.82, 2.24) is 10.6 Å². The molecule has 216 valence electrons. The van der Waals surface area contributed by atoms with Crippen LogP contribution in [0, 0.1) is 0 Å². The zero-order chi connectivity index (χ0) is 30.3. The molecule has 14 nitrogen and oxygen atoms in total. The third-order valence-corrected chi connectivity index (χ3v) is 6.20. The molecule has 0 saturated heterocycles. The van der Waals surface area contributed by atoms with Gasteiger partial charge in [-0.15, -0.1) is 0 Å². The van der Waals surface area contributed by atoms with Crippen molar-refractivity contribution in [3.05, 3.63) is 53.1 Å². The van der Waals surface area contributed by atoms with Gasteiger partial charge in [-0.25, -0.2) is 0 Å². The van der Waals surface area contributed by atoms with Crippen molar-refractivity contribution in [3.63, 3.8) is 0 Å². The molecule has 0 saturated carbocycles. The standard InChI is InChI=1S/C26H26ClN5O9/c1-14(35)28-18-7-6-15(8-17(18)27)25(40)30-19-10-31(23(37)13-34)20-4-2-3-5-21(20)32(26(19)41)11-22(36)29-16(12-33)9-24(38)39/h2-8,12,16,19,34H,9-11,13H2,1H3,(H,28,35)(H,29,36)(H,30,40)(H,38,39)/t16-,19-/m0/s1. The molecule has 1 heterocycles. The SMILES string of the molecule is CC(=O)Nc1ccc(C(=O)N[C@H]2CN(C(=O)CO)c3ccccc3N(CC(=O)N[C@H](C=O)CC(=O)O)C2=O)cc1Cl. The summed E-state index contributed by atoms with van der Waals surface area (Å²) >= 11 is 6.17. The van der Waals surface area contributed by atoms with Crippen LogP contribution in [0.5, 0.6) is 0 Å². The number of carbonyl (C=O) groups is 7. The highest BCUT2D eigenvalue weighted by atomic mass is 35.5. The number of para-hydroxylation sites is 2. The van der Waals surface area contributed by atoms with Crippen LogP contribution >= 0.6 is 11.6 Å². The Labute approximate surface area is 238 Å². The van der Waals surface area contributed by atoms with Crippen molar-refractivity contribution in [2.24, 2.45) is 0 Å². The van der Waals surface area contributed by atoms with E-state index in [2.05, 4.69) is 16.0 Å². The number of rotatable bonds is 10. The molecule has 0 radical (unpaired) electrons. The fourth-order valence-corrected chi connectivity index (χ4v) is 4.31. The average molecular weight is 588 g/mol. The Morgan fingerprint density at radius 3 is 2.39 bits per heavy atom. The number of aliphatic carboxylic acids is 1. The number of carboxylic acids is 1. The lowest BCUT2D eigenvalue weighted by molar-refractivity contribution is -0.139. The van der Waals surface area contributed by atoms with Crippen molar-refractivity contribution < 1.29 is 43.8 Å². The zero-order valence-corrected chi connectivity index (χ0v) is 22.4. The monoisotopic (exact) mass is 587 g/mol. The number of aldehydes is 1. The smallest absolute Gasteiger partial charge is 0.305 e. The predicted molar refractivity (Wildman–Crippen MR) is 145 cm³/mol. The van der Waals surface area contributed by atoms with Gasteiger partial charge in [-0.3, -0.25) is 33.7 Å². The number of carbonyl (C=O) groups excluding carboxylic acids is 6. The molecule has 0 aromatic heterocycles. The van der Waals surface area contributed by atoms with Gasteiger partial charge in [0.05, 0.1) is 41.1 Å². The second kappa shape index (κ2) is 13.5. The van der Waals surface area contributed by atoms with E-state index in [0.717, 1.165) is 9.80 Å². The highest BCUT2D eigenvalue weighted by Gasteiger charge is 2.37. The molecule has 15 heteroatoms. The first-order chi connectivity index (χ1) is 19.4. The Morgan fingerprint density at radius 2 is 1.80 bits per heavy atom. The van der Waals surface area contributed by atoms with Crippen LogP contribution in [0.4, 0.5) is 17.1 Å². The number of carboxylic acid groups (broad SMARTS) is 1. The fraction of sp³-hybridized carbons (Fsp3) is 0.269. The molecule has 2 aromatic rings. The van der Waals surface area contributed by atoms with Gasteiger partial charge in [0.15, 0.2) is 0 Å². The van der Waals surface area contributed by atoms with Gasteiger partial charge in [0, 0.05) is 12.5 Å². The quantitative estimate of drug-likeness (QED) is 0.236. The Bertz CT molecular complexity index is 1400. The summed E-state index contributed by atoms with van der Waals surface area (Å²) in [5, 5.41) is 25.8. The highest BCUT2D eigenvalue weighted by Crippen LogP contribution is 2.33. The minimum atomic E-state index is -1.42. The fourth-order valence-electron chi connectivity index (χ4n) is 4.08. The summed E-state index contributed by atoms with van der Waals surface area (Å²) in [7, 11) is 0. The van der Waals surface area contributed by atoms with E-state index >= 15 is 0 Å². The van der Waals surface area contributed by atoms with Crippen molar-refractivity contribution >= 4 is 70.5 Å². The van der Waals surface area contributed by atoms with Crippen LogP contribution < -0.4 is 25.8 Å². The molecule has 0 fully saturated rings. The van der Waals surface area contributed by atoms with Crippen LogP contribution in [0.15, 0.2) is 42.5 Å². The molecular weight excluding hydrogens is 562 g/mol. The molecule has 5 amide bonds. The van der Waals surface area contributed by atoms with Crippen LogP contribution in [0.3, 0.4) is 0 Å². The van der Waals surface area contributed by atoms with Crippen molar-refractivity contribution in [3.8, 4) is 0 Å². The first-order valence-corrected chi connectivity index (χ1v) is 12.5. The molecule has 2 aromatic carbocycles. The van der Waals surface area contributed by atoms with Gasteiger partial charge in [0.2, 0.25) is 11.8 Å². The lowest BCUT2D eigenvalue weighted by Crippen LogP contribution is -2.55. The molecule has 2 atom stereocenters. The Balaban J connectivity index is 1.95. The lowest BCUT2D eigenvalue weighted by Gasteiger charge is -2.25. The van der Waals surface area contributed by atoms with E-state index in [-0.39, 0.29) is 39.8 Å². The minimum Gasteiger partial charge on any atom is -0.481 e. The van der Waals surface area contributed by atoms with Crippen LogP contribution in [0.2, 0.25) is 5.02 Å². The van der Waals surface area contributed by atoms with E-state index in [0.29, 0.717) is 0 Å². The van der Waals surface area contributed by atoms with E-state index < -0.39 is 67.8 Å². The Hall–Kier alpha value is -4.82. The zero-order valence-electron chi connectivity index (χ0n) is 21.6. The van der Waals surface area contributed by atoms with Crippen molar-refractivity contribution in [1.29, 1.82) is 0 Å². The van der Waals surface area contributed by atoms with Crippen LogP contribution in [-0.4, -0.2) is 83.8 Å². The Morgan fingerprint density at radius 1 is 1.12 bits per heavy atom. The van der Waals surface area contributed by atoms with Gasteiger partial charge in [0.25, 0.3) is 17.7 Å². The maximum atomic E-state index is 13.7. The lowest BCUT2D eigenvalue weighted by atomic mass is 10.1. The van der Waals surface area contributed by atoms with Gasteiger partial charge in [-0.05, 0) is 30.3 Å². The average Bonchev–Trinajstić information content (AvgIpc) is 3.03. The maximum absolute atomic E-state index is 13.7. The summed E-state index contributed by atoms with van der Waals surface area (Å²) in [6.07, 6.45) is -0.433. The van der Waals surface area contributed by atoms with Gasteiger partial charge in [-0.1, -0.05) is 23.7 Å². The third-order valence-electron chi connectivity index (χ3n) is 5.88. The topological polar surface area (TPSA) is 203 Å². The van der Waals surface area contributed by atoms with Crippen LogP contribution in [0.1, 0.15) is 23.7 Å². The van der Waals surface area contributed by atoms with Crippen LogP contribution in [0.25, 0.3) is 0 Å². The molecule has 41 heavy (non-hydrogen) atoms. The minimum absolute atomic E-state index is 0.0190. The summed E-state index contributed by atoms with van der Waals surface area (Å²) in [5.41, 5.74) is 0.523. The Kier molecular flexibility index (Phi) is 10.1. The summed E-state index contributed by atoms with van der Waals surface area (Å²) in [6, 6.07) is 7.25. The number of amides is 5. The number of fused-ring (bicyclic) bond motifs is 1. The van der Waals surface area contributed by atoms with E-state index in [9.17, 15) is 38.7 Å².